The summed E-state index contributed by atoms with van der Waals surface area (Å²) in [6.07, 6.45) is 9.07. The van der Waals surface area contributed by atoms with E-state index < -0.39 is 0 Å². The largest absolute Gasteiger partial charge is 0.355 e. The van der Waals surface area contributed by atoms with E-state index in [4.69, 9.17) is 0 Å². The second-order valence-corrected chi connectivity index (χ2v) is 6.63. The molecule has 2 aliphatic rings. The van der Waals surface area contributed by atoms with Gasteiger partial charge in [-0.25, -0.2) is 4.98 Å². The number of hydrogen-bond acceptors (Lipinski definition) is 2. The smallest absolute Gasteiger partial charge is 0.131 e. The van der Waals surface area contributed by atoms with Crippen LogP contribution in [0.15, 0.2) is 16.7 Å². The molecule has 1 spiro atoms. The molecule has 0 bridgehead atoms. The second kappa shape index (κ2) is 4.27. The maximum absolute atomic E-state index is 4.56. The van der Waals surface area contributed by atoms with E-state index in [2.05, 4.69) is 38.8 Å². The first kappa shape index (κ1) is 11.5. The molecule has 1 aliphatic heterocycles. The van der Waals surface area contributed by atoms with E-state index in [0.29, 0.717) is 5.41 Å². The molecule has 3 heteroatoms. The lowest BCUT2D eigenvalue weighted by atomic mass is 9.68. The number of halogens is 1. The maximum Gasteiger partial charge on any atom is 0.131 e. The third-order valence-electron chi connectivity index (χ3n) is 4.28. The Kier molecular flexibility index (Phi) is 2.89. The minimum absolute atomic E-state index is 0.638. The highest BCUT2D eigenvalue weighted by Crippen LogP contribution is 2.45. The van der Waals surface area contributed by atoms with Gasteiger partial charge in [-0.2, -0.15) is 0 Å². The van der Waals surface area contributed by atoms with Crippen LogP contribution in [0, 0.1) is 12.3 Å². The van der Waals surface area contributed by atoms with Crippen LogP contribution in [0.3, 0.4) is 0 Å². The minimum atomic E-state index is 0.638. The van der Waals surface area contributed by atoms with Gasteiger partial charge in [0.1, 0.15) is 5.82 Å². The van der Waals surface area contributed by atoms with Gasteiger partial charge in [0.15, 0.2) is 0 Å². The number of nitrogens with zero attached hydrogens (tertiary/aromatic N) is 2. The Morgan fingerprint density at radius 3 is 2.59 bits per heavy atom. The lowest BCUT2D eigenvalue weighted by molar-refractivity contribution is 0.138. The van der Waals surface area contributed by atoms with Crippen LogP contribution in [0.5, 0.6) is 0 Å². The van der Waals surface area contributed by atoms with Crippen LogP contribution in [-0.2, 0) is 0 Å². The molecule has 2 heterocycles. The molecule has 2 fully saturated rings. The molecule has 0 radical (unpaired) electrons. The van der Waals surface area contributed by atoms with Gasteiger partial charge in [0.25, 0.3) is 0 Å². The van der Waals surface area contributed by atoms with Crippen molar-refractivity contribution in [3.63, 3.8) is 0 Å². The summed E-state index contributed by atoms with van der Waals surface area (Å²) in [5, 5.41) is 0. The van der Waals surface area contributed by atoms with Gasteiger partial charge in [0.2, 0.25) is 0 Å². The number of pyridine rings is 1. The molecule has 0 atom stereocenters. The van der Waals surface area contributed by atoms with Crippen molar-refractivity contribution >= 4 is 21.7 Å². The number of rotatable bonds is 1. The summed E-state index contributed by atoms with van der Waals surface area (Å²) in [5.74, 6) is 1.18. The monoisotopic (exact) mass is 294 g/mol. The Morgan fingerprint density at radius 1 is 1.24 bits per heavy atom. The molecular formula is C14H19BrN2. The summed E-state index contributed by atoms with van der Waals surface area (Å²) in [6, 6.07) is 2.16. The van der Waals surface area contributed by atoms with Crippen LogP contribution in [0.4, 0.5) is 5.82 Å². The van der Waals surface area contributed by atoms with E-state index in [9.17, 15) is 0 Å². The third-order valence-corrected chi connectivity index (χ3v) is 4.72. The van der Waals surface area contributed by atoms with Crippen molar-refractivity contribution in [1.29, 1.82) is 0 Å². The topological polar surface area (TPSA) is 16.1 Å². The summed E-state index contributed by atoms with van der Waals surface area (Å²) in [4.78, 5) is 7.01. The maximum atomic E-state index is 4.56. The van der Waals surface area contributed by atoms with Crippen LogP contribution in [0.2, 0.25) is 0 Å². The van der Waals surface area contributed by atoms with Crippen LogP contribution >= 0.6 is 15.9 Å². The average Bonchev–Trinajstić information content (AvgIpc) is 2.27. The molecule has 3 rings (SSSR count). The summed E-state index contributed by atoms with van der Waals surface area (Å²) < 4.78 is 1.08. The number of anilines is 1. The Labute approximate surface area is 112 Å². The van der Waals surface area contributed by atoms with Gasteiger partial charge in [-0.1, -0.05) is 19.3 Å². The zero-order valence-corrected chi connectivity index (χ0v) is 12.0. The van der Waals surface area contributed by atoms with Gasteiger partial charge in [0.05, 0.1) is 0 Å². The molecule has 2 nitrogen and oxygen atoms in total. The molecule has 0 aromatic carbocycles. The predicted molar refractivity (Wildman–Crippen MR) is 74.4 cm³/mol. The van der Waals surface area contributed by atoms with Crippen molar-refractivity contribution < 1.29 is 0 Å². The number of aryl methyl sites for hydroxylation is 1. The van der Waals surface area contributed by atoms with Gasteiger partial charge >= 0.3 is 0 Å². The first-order valence-electron chi connectivity index (χ1n) is 6.56. The highest BCUT2D eigenvalue weighted by Gasteiger charge is 2.44. The first-order chi connectivity index (χ1) is 8.19. The van der Waals surface area contributed by atoms with Gasteiger partial charge < -0.3 is 4.90 Å². The van der Waals surface area contributed by atoms with E-state index in [-0.39, 0.29) is 0 Å². The van der Waals surface area contributed by atoms with E-state index in [1.54, 1.807) is 0 Å². The van der Waals surface area contributed by atoms with Crippen LogP contribution < -0.4 is 4.90 Å². The van der Waals surface area contributed by atoms with Crippen LogP contribution in [-0.4, -0.2) is 18.1 Å². The lowest BCUT2D eigenvalue weighted by Crippen LogP contribution is -2.57. The Bertz CT molecular complexity index is 416. The Morgan fingerprint density at radius 2 is 1.94 bits per heavy atom. The van der Waals surface area contributed by atoms with Crippen molar-refractivity contribution in [2.45, 2.75) is 39.0 Å². The van der Waals surface area contributed by atoms with Gasteiger partial charge in [-0.05, 0) is 47.3 Å². The fourth-order valence-corrected chi connectivity index (χ4v) is 3.84. The number of hydrogen-bond donors (Lipinski definition) is 0. The van der Waals surface area contributed by atoms with E-state index in [1.807, 2.05) is 6.20 Å². The molecule has 17 heavy (non-hydrogen) atoms. The molecule has 1 saturated heterocycles. The zero-order valence-electron chi connectivity index (χ0n) is 10.4. The Balaban J connectivity index is 1.72. The van der Waals surface area contributed by atoms with E-state index >= 15 is 0 Å². The van der Waals surface area contributed by atoms with E-state index in [0.717, 1.165) is 4.47 Å². The molecule has 0 amide bonds. The lowest BCUT2D eigenvalue weighted by Gasteiger charge is -2.53. The van der Waals surface area contributed by atoms with Crippen molar-refractivity contribution in [1.82, 2.24) is 4.98 Å². The van der Waals surface area contributed by atoms with Gasteiger partial charge in [-0.15, -0.1) is 0 Å². The number of aromatic nitrogens is 1. The second-order valence-electron chi connectivity index (χ2n) is 5.71. The third kappa shape index (κ3) is 2.10. The van der Waals surface area contributed by atoms with Crippen molar-refractivity contribution in [2.75, 3.05) is 18.0 Å². The predicted octanol–water partition coefficient (Wildman–Crippen LogP) is 3.92. The van der Waals surface area contributed by atoms with Gasteiger partial charge in [0, 0.05) is 29.2 Å². The summed E-state index contributed by atoms with van der Waals surface area (Å²) in [5.41, 5.74) is 1.92. The Hall–Kier alpha value is -0.570. The SMILES string of the molecule is Cc1cc(Br)cnc1N1CC2(CCCCC2)C1. The molecular weight excluding hydrogens is 276 g/mol. The molecule has 1 aliphatic carbocycles. The van der Waals surface area contributed by atoms with Crippen molar-refractivity contribution in [3.05, 3.63) is 22.3 Å². The van der Waals surface area contributed by atoms with Gasteiger partial charge in [-0.3, -0.25) is 0 Å². The quantitative estimate of drug-likeness (QED) is 0.780. The molecule has 1 aromatic heterocycles. The molecule has 92 valence electrons. The van der Waals surface area contributed by atoms with E-state index in [1.165, 1.54) is 56.6 Å². The molecule has 1 saturated carbocycles. The summed E-state index contributed by atoms with van der Waals surface area (Å²) in [7, 11) is 0. The standard InChI is InChI=1S/C14H19BrN2/c1-11-7-12(15)8-16-13(11)17-9-14(10-17)5-3-2-4-6-14/h7-8H,2-6,9-10H2,1H3. The van der Waals surface area contributed by atoms with Crippen molar-refractivity contribution in [3.8, 4) is 0 Å². The fraction of sp³-hybridized carbons (Fsp3) is 0.643. The van der Waals surface area contributed by atoms with Crippen LogP contribution in [0.1, 0.15) is 37.7 Å². The average molecular weight is 295 g/mol. The highest BCUT2D eigenvalue weighted by atomic mass is 79.9. The highest BCUT2D eigenvalue weighted by molar-refractivity contribution is 9.10. The zero-order chi connectivity index (χ0) is 11.9. The molecule has 1 aromatic rings. The summed E-state index contributed by atoms with van der Waals surface area (Å²) in [6.45, 7) is 4.60. The summed E-state index contributed by atoms with van der Waals surface area (Å²) >= 11 is 3.47. The fourth-order valence-electron chi connectivity index (χ4n) is 3.40. The molecule has 0 N–H and O–H groups in total. The normalized spacial score (nSPS) is 22.6. The minimum Gasteiger partial charge on any atom is -0.355 e. The first-order valence-corrected chi connectivity index (χ1v) is 7.35. The van der Waals surface area contributed by atoms with Crippen molar-refractivity contribution in [2.24, 2.45) is 5.41 Å². The van der Waals surface area contributed by atoms with Crippen LogP contribution in [0.25, 0.3) is 0 Å². The molecule has 0 unspecified atom stereocenters.